The molecular weight excluding hydrogens is 303 g/mol. The fraction of sp³-hybridized carbons (Fsp3) is 0. The van der Waals surface area contributed by atoms with Crippen LogP contribution in [0.15, 0.2) is 48.5 Å². The maximum atomic E-state index is 12.0. The van der Waals surface area contributed by atoms with Crippen LogP contribution in [-0.2, 0) is 0 Å². The highest BCUT2D eigenvalue weighted by Crippen LogP contribution is 2.23. The largest absolute Gasteiger partial charge is 0.336 e. The van der Waals surface area contributed by atoms with E-state index in [2.05, 4.69) is 18.1 Å². The molecule has 2 aromatic carbocycles. The number of carbonyl (C=O) groups is 1. The van der Waals surface area contributed by atoms with Crippen molar-refractivity contribution in [3.63, 3.8) is 0 Å². The van der Waals surface area contributed by atoms with Crippen LogP contribution in [0.3, 0.4) is 0 Å². The Morgan fingerprint density at radius 2 is 1.63 bits per heavy atom. The van der Waals surface area contributed by atoms with E-state index in [4.69, 9.17) is 23.2 Å². The minimum atomic E-state index is -0.395. The van der Waals surface area contributed by atoms with E-state index in [0.29, 0.717) is 21.4 Å². The summed E-state index contributed by atoms with van der Waals surface area (Å²) in [6.45, 7) is 0. The Bertz CT molecular complexity index is 572. The average Bonchev–Trinajstić information content (AvgIpc) is 2.37. The Kier molecular flexibility index (Phi) is 4.58. The van der Waals surface area contributed by atoms with Crippen LogP contribution in [0.2, 0.25) is 10.0 Å². The molecule has 0 bridgehead atoms. The fourth-order valence-corrected chi connectivity index (χ4v) is 2.20. The predicted molar refractivity (Wildman–Crippen MR) is 83.4 cm³/mol. The number of hydrogen-bond donors (Lipinski definition) is 2. The number of nitrogens with one attached hydrogen (secondary N) is 1. The Labute approximate surface area is 126 Å². The average molecular weight is 313 g/mol. The maximum absolute atomic E-state index is 12.0. The highest BCUT2D eigenvalue weighted by molar-refractivity contribution is 7.82. The lowest BCUT2D eigenvalue weighted by molar-refractivity contribution is 0.260. The summed E-state index contributed by atoms with van der Waals surface area (Å²) in [6.07, 6.45) is 0. The maximum Gasteiger partial charge on any atom is 0.336 e. The number of urea groups is 1. The smallest absolute Gasteiger partial charge is 0.307 e. The van der Waals surface area contributed by atoms with E-state index in [9.17, 15) is 4.79 Å². The van der Waals surface area contributed by atoms with E-state index in [-0.39, 0.29) is 0 Å². The number of carbonyl (C=O) groups excluding carboxylic acids is 1. The molecule has 2 amide bonds. The summed E-state index contributed by atoms with van der Waals surface area (Å²) < 4.78 is 1.20. The molecule has 19 heavy (non-hydrogen) atoms. The summed E-state index contributed by atoms with van der Waals surface area (Å²) in [4.78, 5) is 12.0. The molecule has 0 saturated heterocycles. The van der Waals surface area contributed by atoms with Gasteiger partial charge >= 0.3 is 6.03 Å². The summed E-state index contributed by atoms with van der Waals surface area (Å²) in [5.74, 6) is 0. The van der Waals surface area contributed by atoms with Gasteiger partial charge in [-0.15, -0.1) is 0 Å². The van der Waals surface area contributed by atoms with Gasteiger partial charge in [-0.3, -0.25) is 0 Å². The van der Waals surface area contributed by atoms with Gasteiger partial charge in [0.15, 0.2) is 0 Å². The molecule has 0 fully saturated rings. The lowest BCUT2D eigenvalue weighted by Gasteiger charge is -2.16. The van der Waals surface area contributed by atoms with Gasteiger partial charge in [0, 0.05) is 15.7 Å². The van der Waals surface area contributed by atoms with Gasteiger partial charge in [-0.1, -0.05) is 54.2 Å². The van der Waals surface area contributed by atoms with Gasteiger partial charge in [0.25, 0.3) is 0 Å². The van der Waals surface area contributed by atoms with Gasteiger partial charge < -0.3 is 5.32 Å². The van der Waals surface area contributed by atoms with Crippen molar-refractivity contribution in [2.24, 2.45) is 0 Å². The van der Waals surface area contributed by atoms with E-state index >= 15 is 0 Å². The normalized spacial score (nSPS) is 10.1. The van der Waals surface area contributed by atoms with E-state index < -0.39 is 6.03 Å². The summed E-state index contributed by atoms with van der Waals surface area (Å²) >= 11 is 15.9. The lowest BCUT2D eigenvalue weighted by atomic mass is 10.3. The molecule has 0 unspecified atom stereocenters. The molecule has 0 spiro atoms. The van der Waals surface area contributed by atoms with Crippen molar-refractivity contribution >= 4 is 53.4 Å². The quantitative estimate of drug-likeness (QED) is 0.761. The number of thiol groups is 1. The first-order valence-corrected chi connectivity index (χ1v) is 6.53. The fourth-order valence-electron chi connectivity index (χ4n) is 1.49. The number of rotatable bonds is 2. The van der Waals surface area contributed by atoms with Crippen molar-refractivity contribution in [2.45, 2.75) is 0 Å². The predicted octanol–water partition coefficient (Wildman–Crippen LogP) is 4.88. The second kappa shape index (κ2) is 6.19. The molecular formula is C13H10Cl2N2OS. The Morgan fingerprint density at radius 1 is 1.05 bits per heavy atom. The summed E-state index contributed by atoms with van der Waals surface area (Å²) in [5.41, 5.74) is 1.17. The van der Waals surface area contributed by atoms with Crippen LogP contribution < -0.4 is 9.62 Å². The molecule has 2 rings (SSSR count). The molecule has 0 aliphatic carbocycles. The van der Waals surface area contributed by atoms with Crippen molar-refractivity contribution in [1.29, 1.82) is 0 Å². The van der Waals surface area contributed by atoms with Crippen molar-refractivity contribution < 1.29 is 4.79 Å². The molecule has 2 aromatic rings. The number of amides is 2. The van der Waals surface area contributed by atoms with E-state index in [1.807, 2.05) is 18.2 Å². The molecule has 0 atom stereocenters. The zero-order chi connectivity index (χ0) is 13.8. The zero-order valence-electron chi connectivity index (χ0n) is 9.68. The third kappa shape index (κ3) is 3.80. The summed E-state index contributed by atoms with van der Waals surface area (Å²) in [5, 5.41) is 3.57. The van der Waals surface area contributed by atoms with Crippen molar-refractivity contribution in [2.75, 3.05) is 9.62 Å². The third-order valence-corrected chi connectivity index (χ3v) is 3.16. The molecule has 0 saturated carbocycles. The number of benzene rings is 2. The minimum Gasteiger partial charge on any atom is -0.307 e. The number of anilines is 2. The molecule has 3 nitrogen and oxygen atoms in total. The van der Waals surface area contributed by atoms with E-state index in [1.165, 1.54) is 4.31 Å². The molecule has 6 heteroatoms. The lowest BCUT2D eigenvalue weighted by Crippen LogP contribution is -2.26. The number of nitrogens with zero attached hydrogens (tertiary/aromatic N) is 1. The van der Waals surface area contributed by atoms with Gasteiger partial charge in [-0.2, -0.15) is 0 Å². The van der Waals surface area contributed by atoms with Crippen LogP contribution in [0.25, 0.3) is 0 Å². The summed E-state index contributed by atoms with van der Waals surface area (Å²) in [6, 6.07) is 13.5. The Morgan fingerprint density at radius 3 is 2.21 bits per heavy atom. The van der Waals surface area contributed by atoms with Crippen molar-refractivity contribution in [1.82, 2.24) is 0 Å². The number of hydrogen-bond acceptors (Lipinski definition) is 2. The van der Waals surface area contributed by atoms with Gasteiger partial charge in [0.1, 0.15) is 0 Å². The minimum absolute atomic E-state index is 0.395. The topological polar surface area (TPSA) is 32.3 Å². The SMILES string of the molecule is O=C(Nc1cc(Cl)cc(Cl)c1)N(S)c1ccccc1. The summed E-state index contributed by atoms with van der Waals surface area (Å²) in [7, 11) is 0. The molecule has 0 aromatic heterocycles. The van der Waals surface area contributed by atoms with Crippen molar-refractivity contribution in [3.05, 3.63) is 58.6 Å². The highest BCUT2D eigenvalue weighted by atomic mass is 35.5. The molecule has 0 heterocycles. The Balaban J connectivity index is 2.13. The molecule has 98 valence electrons. The van der Waals surface area contributed by atoms with E-state index in [0.717, 1.165) is 0 Å². The van der Waals surface area contributed by atoms with E-state index in [1.54, 1.807) is 30.3 Å². The molecule has 0 aliphatic rings. The number of para-hydroxylation sites is 1. The zero-order valence-corrected chi connectivity index (χ0v) is 12.1. The van der Waals surface area contributed by atoms with Crippen LogP contribution in [0, 0.1) is 0 Å². The second-order valence-corrected chi connectivity index (χ2v) is 5.01. The monoisotopic (exact) mass is 312 g/mol. The third-order valence-electron chi connectivity index (χ3n) is 2.31. The van der Waals surface area contributed by atoms with Gasteiger partial charge in [-0.25, -0.2) is 9.10 Å². The number of halogens is 2. The highest BCUT2D eigenvalue weighted by Gasteiger charge is 2.12. The molecule has 0 radical (unpaired) electrons. The van der Waals surface area contributed by atoms with Crippen LogP contribution in [-0.4, -0.2) is 6.03 Å². The van der Waals surface area contributed by atoms with Gasteiger partial charge in [0.05, 0.1) is 5.69 Å². The van der Waals surface area contributed by atoms with Gasteiger partial charge in [0.2, 0.25) is 0 Å². The Hall–Kier alpha value is -1.36. The molecule has 1 N–H and O–H groups in total. The molecule has 0 aliphatic heterocycles. The van der Waals surface area contributed by atoms with Crippen LogP contribution >= 0.6 is 36.0 Å². The first-order valence-electron chi connectivity index (χ1n) is 5.37. The standard InChI is InChI=1S/C13H10Cl2N2OS/c14-9-6-10(15)8-11(7-9)16-13(18)17(19)12-4-2-1-3-5-12/h1-8,19H,(H,16,18). The van der Waals surface area contributed by atoms with Crippen molar-refractivity contribution in [3.8, 4) is 0 Å². The first kappa shape index (κ1) is 14.1. The van der Waals surface area contributed by atoms with Crippen LogP contribution in [0.5, 0.6) is 0 Å². The first-order chi connectivity index (χ1) is 9.06. The second-order valence-electron chi connectivity index (χ2n) is 3.74. The van der Waals surface area contributed by atoms with Gasteiger partial charge in [-0.05, 0) is 30.3 Å². The van der Waals surface area contributed by atoms with Crippen LogP contribution in [0.1, 0.15) is 0 Å². The van der Waals surface area contributed by atoms with Crippen LogP contribution in [0.4, 0.5) is 16.2 Å².